The summed E-state index contributed by atoms with van der Waals surface area (Å²) in [4.78, 5) is 29.1. The molecular weight excluding hydrogens is 615 g/mol. The fourth-order valence-electron chi connectivity index (χ4n) is 4.88. The van der Waals surface area contributed by atoms with Crippen LogP contribution in [0.4, 0.5) is 24.5 Å². The van der Waals surface area contributed by atoms with Gasteiger partial charge in [0.2, 0.25) is 10.0 Å². The van der Waals surface area contributed by atoms with Crippen molar-refractivity contribution in [1.29, 1.82) is 0 Å². The summed E-state index contributed by atoms with van der Waals surface area (Å²) in [6, 6.07) is 12.9. The van der Waals surface area contributed by atoms with Crippen LogP contribution in [0.5, 0.6) is 11.5 Å². The first kappa shape index (κ1) is 34.0. The molecule has 0 spiro atoms. The lowest BCUT2D eigenvalue weighted by Gasteiger charge is -2.26. The lowest BCUT2D eigenvalue weighted by Crippen LogP contribution is -2.38. The molecule has 0 saturated carbocycles. The molecule has 1 fully saturated rings. The molecule has 0 unspecified atom stereocenters. The number of hydrogen-bond donors (Lipinski definition) is 2. The lowest BCUT2D eigenvalue weighted by atomic mass is 9.86. The van der Waals surface area contributed by atoms with Crippen molar-refractivity contribution in [2.45, 2.75) is 32.4 Å². The number of nitrogens with one attached hydrogen (secondary N) is 2. The Bertz CT molecular complexity index is 1670. The van der Waals surface area contributed by atoms with E-state index in [1.165, 1.54) is 18.2 Å². The van der Waals surface area contributed by atoms with Gasteiger partial charge in [-0.05, 0) is 40.6 Å². The second-order valence-electron chi connectivity index (χ2n) is 11.6. The zero-order valence-electron chi connectivity index (χ0n) is 25.4. The predicted octanol–water partition coefficient (Wildman–Crippen LogP) is 4.98. The van der Waals surface area contributed by atoms with Gasteiger partial charge in [0.15, 0.2) is 11.5 Å². The first-order chi connectivity index (χ1) is 21.1. The smallest absolute Gasteiger partial charge is 0.404 e. The van der Waals surface area contributed by atoms with Crippen LogP contribution in [-0.2, 0) is 25.0 Å². The summed E-state index contributed by atoms with van der Waals surface area (Å²) in [5.41, 5.74) is -0.491. The van der Waals surface area contributed by atoms with Crippen molar-refractivity contribution in [2.24, 2.45) is 0 Å². The third-order valence-corrected chi connectivity index (χ3v) is 8.37. The molecule has 14 heteroatoms. The van der Waals surface area contributed by atoms with E-state index in [2.05, 4.69) is 10.2 Å². The van der Waals surface area contributed by atoms with Crippen LogP contribution in [0.3, 0.4) is 0 Å². The van der Waals surface area contributed by atoms with Gasteiger partial charge in [0.05, 0.1) is 31.7 Å². The molecule has 2 N–H and O–H groups in total. The van der Waals surface area contributed by atoms with Crippen LogP contribution in [0.15, 0.2) is 48.5 Å². The molecule has 1 saturated heterocycles. The number of nitrogens with zero attached hydrogens (tertiary/aromatic N) is 1. The number of anilines is 2. The summed E-state index contributed by atoms with van der Waals surface area (Å²) in [5.74, 6) is -3.79. The minimum Gasteiger partial charge on any atom is -0.492 e. The van der Waals surface area contributed by atoms with Crippen molar-refractivity contribution in [3.05, 3.63) is 59.7 Å². The first-order valence-corrected chi connectivity index (χ1v) is 15.8. The van der Waals surface area contributed by atoms with Crippen LogP contribution in [0, 0.1) is 0 Å². The quantitative estimate of drug-likeness (QED) is 0.220. The van der Waals surface area contributed by atoms with Gasteiger partial charge < -0.3 is 19.5 Å². The number of carbonyl (C=O) groups excluding carboxylic acids is 2. The van der Waals surface area contributed by atoms with E-state index in [1.807, 2.05) is 4.72 Å². The predicted molar refractivity (Wildman–Crippen MR) is 165 cm³/mol. The number of rotatable bonds is 11. The molecule has 1 amide bonds. The fraction of sp³-hybridized carbons (Fsp3) is 0.419. The lowest BCUT2D eigenvalue weighted by molar-refractivity contribution is -0.112. The average molecular weight is 652 g/mol. The van der Waals surface area contributed by atoms with Crippen molar-refractivity contribution in [1.82, 2.24) is 4.90 Å². The van der Waals surface area contributed by atoms with Crippen LogP contribution < -0.4 is 19.5 Å². The van der Waals surface area contributed by atoms with Crippen molar-refractivity contribution >= 4 is 43.9 Å². The van der Waals surface area contributed by atoms with Crippen LogP contribution in [-0.4, -0.2) is 83.5 Å². The highest BCUT2D eigenvalue weighted by molar-refractivity contribution is 7.92. The van der Waals surface area contributed by atoms with Crippen molar-refractivity contribution in [2.75, 3.05) is 62.4 Å². The maximum absolute atomic E-state index is 13.5. The highest BCUT2D eigenvalue weighted by Gasteiger charge is 2.36. The van der Waals surface area contributed by atoms with Gasteiger partial charge in [-0.2, -0.15) is 13.2 Å². The third-order valence-electron chi connectivity index (χ3n) is 7.13. The van der Waals surface area contributed by atoms with E-state index in [4.69, 9.17) is 14.2 Å². The fourth-order valence-corrected chi connectivity index (χ4v) is 5.87. The molecular formula is C31H36F3N3O7S. The third kappa shape index (κ3) is 8.86. The number of carbonyl (C=O) groups is 2. The molecule has 0 aromatic heterocycles. The Kier molecular flexibility index (Phi) is 10.3. The standard InChI is InChI=1S/C31H36F3N3O7S/c1-30(2,3)20-17-24(28(42-4)25(18-20)36-45(40,41)19-31(32,33)34)35-29(39)27(38)23-9-10-26(22-8-6-5-7-21(22)23)44-16-13-37-11-14-43-15-12-37/h5-10,17-18,36H,11-16,19H2,1-4H3,(H,35,39). The van der Waals surface area contributed by atoms with Gasteiger partial charge in [-0.25, -0.2) is 8.42 Å². The monoisotopic (exact) mass is 651 g/mol. The molecule has 1 aliphatic heterocycles. The number of methoxy groups -OCH3 is 1. The number of sulfonamides is 1. The van der Waals surface area contributed by atoms with Crippen molar-refractivity contribution in [3.8, 4) is 11.5 Å². The molecule has 3 aromatic carbocycles. The van der Waals surface area contributed by atoms with E-state index in [9.17, 15) is 31.2 Å². The van der Waals surface area contributed by atoms with Gasteiger partial charge in [0.25, 0.3) is 11.7 Å². The summed E-state index contributed by atoms with van der Waals surface area (Å²) in [7, 11) is -3.73. The minimum absolute atomic E-state index is 0.0969. The number of hydrogen-bond acceptors (Lipinski definition) is 8. The summed E-state index contributed by atoms with van der Waals surface area (Å²) < 4.78 is 82.0. The molecule has 244 valence electrons. The molecule has 0 atom stereocenters. The largest absolute Gasteiger partial charge is 0.492 e. The van der Waals surface area contributed by atoms with E-state index in [0.717, 1.165) is 20.2 Å². The van der Waals surface area contributed by atoms with E-state index < -0.39 is 39.1 Å². The molecule has 0 radical (unpaired) electrons. The molecule has 1 heterocycles. The number of benzene rings is 3. The Hall–Kier alpha value is -3.88. The van der Waals surface area contributed by atoms with Crippen LogP contribution in [0.2, 0.25) is 0 Å². The zero-order chi connectivity index (χ0) is 33.0. The summed E-state index contributed by atoms with van der Waals surface area (Å²) in [5, 5.41) is 3.59. The number of halogens is 3. The summed E-state index contributed by atoms with van der Waals surface area (Å²) in [6.45, 7) is 9.45. The SMILES string of the molecule is COc1c(NC(=O)C(=O)c2ccc(OCCN3CCOCC3)c3ccccc23)cc(C(C)(C)C)cc1NS(=O)(=O)CC(F)(F)F. The molecule has 0 bridgehead atoms. The van der Waals surface area contributed by atoms with Gasteiger partial charge in [0.1, 0.15) is 12.4 Å². The number of amides is 1. The van der Waals surface area contributed by atoms with Crippen LogP contribution in [0.25, 0.3) is 10.8 Å². The maximum Gasteiger partial charge on any atom is 0.404 e. The molecule has 4 rings (SSSR count). The molecule has 1 aliphatic rings. The maximum atomic E-state index is 13.5. The molecule has 45 heavy (non-hydrogen) atoms. The number of morpholine rings is 1. The summed E-state index contributed by atoms with van der Waals surface area (Å²) in [6.07, 6.45) is -4.99. The number of ether oxygens (including phenoxy) is 3. The van der Waals surface area contributed by atoms with Gasteiger partial charge in [-0.15, -0.1) is 0 Å². The van der Waals surface area contributed by atoms with Crippen LogP contribution >= 0.6 is 0 Å². The number of ketones is 1. The molecule has 10 nitrogen and oxygen atoms in total. The van der Waals surface area contributed by atoms with Gasteiger partial charge in [-0.1, -0.05) is 45.0 Å². The van der Waals surface area contributed by atoms with E-state index in [-0.39, 0.29) is 22.7 Å². The Morgan fingerprint density at radius 3 is 2.24 bits per heavy atom. The Balaban J connectivity index is 1.62. The van der Waals surface area contributed by atoms with Gasteiger partial charge >= 0.3 is 6.18 Å². The molecule has 3 aromatic rings. The number of Topliss-reactive ketones (excluding diaryl/α,β-unsaturated/α-hetero) is 1. The highest BCUT2D eigenvalue weighted by atomic mass is 32.2. The highest BCUT2D eigenvalue weighted by Crippen LogP contribution is 2.40. The number of fused-ring (bicyclic) bond motifs is 1. The van der Waals surface area contributed by atoms with E-state index in [0.29, 0.717) is 48.5 Å². The van der Waals surface area contributed by atoms with Crippen LogP contribution in [0.1, 0.15) is 36.7 Å². The van der Waals surface area contributed by atoms with Crippen molar-refractivity contribution < 1.29 is 45.4 Å². The normalized spacial score (nSPS) is 14.6. The topological polar surface area (TPSA) is 123 Å². The Morgan fingerprint density at radius 1 is 0.978 bits per heavy atom. The van der Waals surface area contributed by atoms with Gasteiger partial charge in [-0.3, -0.25) is 19.2 Å². The Morgan fingerprint density at radius 2 is 1.62 bits per heavy atom. The van der Waals surface area contributed by atoms with E-state index >= 15 is 0 Å². The second-order valence-corrected chi connectivity index (χ2v) is 13.3. The van der Waals surface area contributed by atoms with Crippen molar-refractivity contribution in [3.63, 3.8) is 0 Å². The number of alkyl halides is 3. The van der Waals surface area contributed by atoms with Gasteiger partial charge in [0, 0.05) is 30.6 Å². The first-order valence-electron chi connectivity index (χ1n) is 14.2. The summed E-state index contributed by atoms with van der Waals surface area (Å²) >= 11 is 0. The van der Waals surface area contributed by atoms with E-state index in [1.54, 1.807) is 51.1 Å². The average Bonchev–Trinajstić information content (AvgIpc) is 2.95. The zero-order valence-corrected chi connectivity index (χ0v) is 26.2. The Labute approximate surface area is 259 Å². The second kappa shape index (κ2) is 13.6. The molecule has 0 aliphatic carbocycles. The minimum atomic E-state index is -4.99.